The molecule has 2 amide bonds. The van der Waals surface area contributed by atoms with Gasteiger partial charge < -0.3 is 19.3 Å². The third-order valence-electron chi connectivity index (χ3n) is 7.79. The van der Waals surface area contributed by atoms with E-state index in [0.29, 0.717) is 67.9 Å². The Bertz CT molecular complexity index is 1390. The van der Waals surface area contributed by atoms with Crippen LogP contribution in [0.15, 0.2) is 30.5 Å². The molecular weight excluding hydrogens is 540 g/mol. The first kappa shape index (κ1) is 26.3. The number of sulfonamides is 1. The maximum atomic E-state index is 13.5. The maximum absolute atomic E-state index is 13.5. The van der Waals surface area contributed by atoms with Crippen LogP contribution in [0.2, 0.25) is 0 Å². The number of thiophene rings is 1. The first-order chi connectivity index (χ1) is 18.7. The Balaban J connectivity index is 1.10. The van der Waals surface area contributed by atoms with Gasteiger partial charge in [-0.1, -0.05) is 0 Å². The molecule has 1 atom stereocenters. The van der Waals surface area contributed by atoms with Gasteiger partial charge in [-0.05, 0) is 62.3 Å². The van der Waals surface area contributed by atoms with Crippen LogP contribution in [0.1, 0.15) is 80.6 Å². The van der Waals surface area contributed by atoms with E-state index in [1.807, 2.05) is 18.2 Å². The second kappa shape index (κ2) is 10.5. The fraction of sp³-hybridized carbons (Fsp3) is 0.519. The topological polar surface area (TPSA) is 132 Å². The van der Waals surface area contributed by atoms with Gasteiger partial charge in [-0.15, -0.1) is 11.3 Å². The minimum absolute atomic E-state index is 0.0212. The number of hydrogen-bond acceptors (Lipinski definition) is 8. The van der Waals surface area contributed by atoms with Gasteiger partial charge in [-0.2, -0.15) is 0 Å². The number of ether oxygens (including phenoxy) is 2. The predicted octanol–water partition coefficient (Wildman–Crippen LogP) is 3.14. The molecule has 4 aliphatic rings. The number of likely N-dealkylation sites (tertiary alicyclic amines) is 1. The SMILES string of the molecule is NS(=O)(=O)C1CCN(C(=O)c2cc3c(s2)CN(C(=O)c2cc(OCC4CCC=CO4)nc(C4CC4)c2)C3)CC1. The first-order valence-electron chi connectivity index (χ1n) is 13.4. The number of fused-ring (bicyclic) bond motifs is 1. The van der Waals surface area contributed by atoms with Crippen molar-refractivity contribution in [1.82, 2.24) is 14.8 Å². The normalized spacial score (nSPS) is 21.5. The summed E-state index contributed by atoms with van der Waals surface area (Å²) in [5.74, 6) is 0.650. The molecule has 6 rings (SSSR count). The van der Waals surface area contributed by atoms with Gasteiger partial charge in [0.1, 0.15) is 12.7 Å². The summed E-state index contributed by atoms with van der Waals surface area (Å²) in [6, 6.07) is 5.48. The summed E-state index contributed by atoms with van der Waals surface area (Å²) in [7, 11) is -3.58. The van der Waals surface area contributed by atoms with Crippen LogP contribution in [0, 0.1) is 0 Å². The molecule has 12 heteroatoms. The van der Waals surface area contributed by atoms with Crippen molar-refractivity contribution in [1.29, 1.82) is 0 Å². The maximum Gasteiger partial charge on any atom is 0.263 e. The Morgan fingerprint density at radius 1 is 1.05 bits per heavy atom. The molecule has 2 fully saturated rings. The molecule has 1 saturated heterocycles. The highest BCUT2D eigenvalue weighted by Crippen LogP contribution is 2.40. The van der Waals surface area contributed by atoms with Crippen molar-refractivity contribution in [2.24, 2.45) is 5.14 Å². The lowest BCUT2D eigenvalue weighted by Gasteiger charge is -2.30. The van der Waals surface area contributed by atoms with Crippen molar-refractivity contribution in [3.05, 3.63) is 57.1 Å². The van der Waals surface area contributed by atoms with Gasteiger partial charge >= 0.3 is 0 Å². The molecule has 10 nitrogen and oxygen atoms in total. The number of carbonyl (C=O) groups excluding carboxylic acids is 2. The number of nitrogens with zero attached hydrogens (tertiary/aromatic N) is 3. The number of allylic oxidation sites excluding steroid dienone is 1. The van der Waals surface area contributed by atoms with Gasteiger partial charge in [-0.25, -0.2) is 18.5 Å². The van der Waals surface area contributed by atoms with Gasteiger partial charge in [0.25, 0.3) is 11.8 Å². The van der Waals surface area contributed by atoms with Crippen LogP contribution < -0.4 is 9.88 Å². The van der Waals surface area contributed by atoms with Crippen molar-refractivity contribution in [2.45, 2.75) is 68.9 Å². The average molecular weight is 573 g/mol. The molecule has 39 heavy (non-hydrogen) atoms. The third kappa shape index (κ3) is 5.82. The van der Waals surface area contributed by atoms with Crippen LogP contribution in [0.5, 0.6) is 5.88 Å². The molecule has 5 heterocycles. The summed E-state index contributed by atoms with van der Waals surface area (Å²) in [5, 5.41) is 4.68. The molecule has 2 aromatic rings. The fourth-order valence-corrected chi connectivity index (χ4v) is 7.37. The summed E-state index contributed by atoms with van der Waals surface area (Å²) in [4.78, 5) is 36.4. The highest BCUT2D eigenvalue weighted by atomic mass is 32.2. The number of rotatable bonds is 7. The van der Waals surface area contributed by atoms with Crippen LogP contribution in [-0.2, 0) is 27.8 Å². The second-order valence-electron chi connectivity index (χ2n) is 10.7. The fourth-order valence-electron chi connectivity index (χ4n) is 5.34. The van der Waals surface area contributed by atoms with E-state index >= 15 is 0 Å². The van der Waals surface area contributed by atoms with E-state index in [1.165, 1.54) is 11.3 Å². The molecule has 1 aliphatic carbocycles. The highest BCUT2D eigenvalue weighted by Gasteiger charge is 2.33. The lowest BCUT2D eigenvalue weighted by molar-refractivity contribution is 0.0706. The van der Waals surface area contributed by atoms with E-state index < -0.39 is 15.3 Å². The predicted molar refractivity (Wildman–Crippen MR) is 145 cm³/mol. The summed E-state index contributed by atoms with van der Waals surface area (Å²) in [6.45, 7) is 2.00. The Labute approximate surface area is 231 Å². The molecule has 3 aliphatic heterocycles. The minimum Gasteiger partial charge on any atom is -0.495 e. The van der Waals surface area contributed by atoms with E-state index in [9.17, 15) is 18.0 Å². The van der Waals surface area contributed by atoms with Gasteiger partial charge in [0.05, 0.1) is 22.9 Å². The van der Waals surface area contributed by atoms with Crippen LogP contribution in [0.3, 0.4) is 0 Å². The molecule has 1 unspecified atom stereocenters. The molecule has 0 aromatic carbocycles. The van der Waals surface area contributed by atoms with E-state index in [2.05, 4.69) is 4.98 Å². The zero-order valence-corrected chi connectivity index (χ0v) is 23.2. The number of aromatic nitrogens is 1. The quantitative estimate of drug-likeness (QED) is 0.539. The van der Waals surface area contributed by atoms with Crippen molar-refractivity contribution >= 4 is 33.2 Å². The molecule has 0 radical (unpaired) electrons. The smallest absolute Gasteiger partial charge is 0.263 e. The van der Waals surface area contributed by atoms with Crippen LogP contribution in [-0.4, -0.2) is 66.1 Å². The van der Waals surface area contributed by atoms with Crippen molar-refractivity contribution in [3.8, 4) is 5.88 Å². The number of amides is 2. The van der Waals surface area contributed by atoms with E-state index in [0.717, 1.165) is 41.8 Å². The molecular formula is C27H32N4O6S2. The van der Waals surface area contributed by atoms with Crippen LogP contribution in [0.4, 0.5) is 0 Å². The monoisotopic (exact) mass is 572 g/mol. The minimum atomic E-state index is -3.58. The molecule has 1 saturated carbocycles. The molecule has 208 valence electrons. The van der Waals surface area contributed by atoms with E-state index in [1.54, 1.807) is 22.1 Å². The van der Waals surface area contributed by atoms with Gasteiger partial charge in [0.15, 0.2) is 0 Å². The summed E-state index contributed by atoms with van der Waals surface area (Å²) < 4.78 is 34.8. The molecule has 2 N–H and O–H groups in total. The summed E-state index contributed by atoms with van der Waals surface area (Å²) in [5.41, 5.74) is 2.44. The summed E-state index contributed by atoms with van der Waals surface area (Å²) in [6.07, 6.45) is 8.36. The molecule has 0 bridgehead atoms. The van der Waals surface area contributed by atoms with E-state index in [-0.39, 0.29) is 17.9 Å². The third-order valence-corrected chi connectivity index (χ3v) is 10.3. The number of carbonyl (C=O) groups is 2. The Morgan fingerprint density at radius 3 is 2.51 bits per heavy atom. The van der Waals surface area contributed by atoms with Crippen LogP contribution >= 0.6 is 11.3 Å². The zero-order valence-electron chi connectivity index (χ0n) is 21.6. The highest BCUT2D eigenvalue weighted by molar-refractivity contribution is 7.89. The number of hydrogen-bond donors (Lipinski definition) is 1. The lowest BCUT2D eigenvalue weighted by Crippen LogP contribution is -2.44. The largest absolute Gasteiger partial charge is 0.495 e. The van der Waals surface area contributed by atoms with Gasteiger partial charge in [-0.3, -0.25) is 9.59 Å². The standard InChI is InChI=1S/C27H32N4O6S2/c28-39(34,35)21-6-8-30(9-7-21)27(33)23-12-19-14-31(15-24(19)38-23)26(32)18-11-22(17-4-5-17)29-25(13-18)37-16-20-3-1-2-10-36-20/h2,10-13,17,20-21H,1,3-9,14-16H2,(H2,28,34,35). The first-order valence-corrected chi connectivity index (χ1v) is 15.8. The van der Waals surface area contributed by atoms with Gasteiger partial charge in [0, 0.05) is 47.8 Å². The summed E-state index contributed by atoms with van der Waals surface area (Å²) >= 11 is 1.41. The average Bonchev–Trinajstić information content (AvgIpc) is 3.61. The second-order valence-corrected chi connectivity index (χ2v) is 13.7. The number of piperidine rings is 1. The van der Waals surface area contributed by atoms with E-state index in [4.69, 9.17) is 14.6 Å². The zero-order chi connectivity index (χ0) is 27.1. The Hall–Kier alpha value is -2.96. The number of primary sulfonamides is 1. The number of nitrogens with two attached hydrogens (primary N) is 1. The lowest BCUT2D eigenvalue weighted by atomic mass is 10.1. The number of pyridine rings is 1. The van der Waals surface area contributed by atoms with Gasteiger partial charge in [0.2, 0.25) is 15.9 Å². The Kier molecular flexibility index (Phi) is 7.11. The van der Waals surface area contributed by atoms with Crippen molar-refractivity contribution in [3.63, 3.8) is 0 Å². The molecule has 0 spiro atoms. The Morgan fingerprint density at radius 2 is 1.85 bits per heavy atom. The molecule has 2 aromatic heterocycles. The van der Waals surface area contributed by atoms with Crippen molar-refractivity contribution < 1.29 is 27.5 Å². The van der Waals surface area contributed by atoms with Crippen LogP contribution in [0.25, 0.3) is 0 Å². The van der Waals surface area contributed by atoms with Crippen molar-refractivity contribution in [2.75, 3.05) is 19.7 Å².